The molecule has 1 aliphatic heterocycles. The van der Waals surface area contributed by atoms with Crippen LogP contribution in [-0.2, 0) is 6.54 Å². The van der Waals surface area contributed by atoms with E-state index < -0.39 is 6.04 Å². The second-order valence-electron chi connectivity index (χ2n) is 3.64. The molecule has 0 amide bonds. The third kappa shape index (κ3) is 0.979. The van der Waals surface area contributed by atoms with E-state index in [2.05, 4.69) is 4.98 Å². The van der Waals surface area contributed by atoms with Crippen molar-refractivity contribution in [3.8, 4) is 0 Å². The van der Waals surface area contributed by atoms with Crippen LogP contribution in [-0.4, -0.2) is 9.55 Å². The van der Waals surface area contributed by atoms with Gasteiger partial charge in [0, 0.05) is 12.1 Å². The van der Waals surface area contributed by atoms with E-state index in [-0.39, 0.29) is 11.4 Å². The van der Waals surface area contributed by atoms with Gasteiger partial charge in [-0.15, -0.1) is 0 Å². The van der Waals surface area contributed by atoms with Crippen LogP contribution in [0, 0.1) is 5.82 Å². The summed E-state index contributed by atoms with van der Waals surface area (Å²) in [5.41, 5.74) is 7.10. The Morgan fingerprint density at radius 2 is 2.33 bits per heavy atom. The van der Waals surface area contributed by atoms with Gasteiger partial charge in [0.15, 0.2) is 0 Å². The van der Waals surface area contributed by atoms with Crippen molar-refractivity contribution in [3.05, 3.63) is 40.1 Å². The first kappa shape index (κ1) is 8.55. The van der Waals surface area contributed by atoms with E-state index in [1.165, 1.54) is 16.8 Å². The van der Waals surface area contributed by atoms with Crippen molar-refractivity contribution in [3.63, 3.8) is 0 Å². The van der Waals surface area contributed by atoms with Gasteiger partial charge in [-0.1, -0.05) is 0 Å². The molecular weight excluding hydrogens is 197 g/mol. The van der Waals surface area contributed by atoms with Gasteiger partial charge in [-0.25, -0.2) is 9.37 Å². The zero-order chi connectivity index (χ0) is 10.6. The van der Waals surface area contributed by atoms with Gasteiger partial charge < -0.3 is 10.3 Å². The smallest absolute Gasteiger partial charge is 0.269 e. The third-order valence-electron chi connectivity index (χ3n) is 2.74. The lowest BCUT2D eigenvalue weighted by atomic mass is 10.1. The van der Waals surface area contributed by atoms with Crippen LogP contribution in [0.4, 0.5) is 4.39 Å². The van der Waals surface area contributed by atoms with E-state index in [0.717, 1.165) is 0 Å². The van der Waals surface area contributed by atoms with Crippen molar-refractivity contribution >= 4 is 11.0 Å². The van der Waals surface area contributed by atoms with Gasteiger partial charge in [0.25, 0.3) is 5.56 Å². The average Bonchev–Trinajstić information content (AvgIpc) is 2.56. The van der Waals surface area contributed by atoms with E-state index in [9.17, 15) is 9.18 Å². The SMILES string of the molecule is N[C@@H]1Cn2c(=O)cnc3ccc(F)c1c32. The number of halogens is 1. The van der Waals surface area contributed by atoms with Crippen LogP contribution < -0.4 is 11.3 Å². The lowest BCUT2D eigenvalue weighted by molar-refractivity contribution is 0.569. The molecule has 0 saturated carbocycles. The number of nitrogens with two attached hydrogens (primary N) is 1. The highest BCUT2D eigenvalue weighted by atomic mass is 19.1. The van der Waals surface area contributed by atoms with E-state index in [0.29, 0.717) is 23.1 Å². The Balaban J connectivity index is 2.59. The lowest BCUT2D eigenvalue weighted by Crippen LogP contribution is -2.20. The second-order valence-corrected chi connectivity index (χ2v) is 3.64. The molecule has 0 spiro atoms. The number of hydrogen-bond acceptors (Lipinski definition) is 3. The van der Waals surface area contributed by atoms with Crippen LogP contribution in [0.25, 0.3) is 11.0 Å². The maximum atomic E-state index is 13.5. The van der Waals surface area contributed by atoms with Crippen LogP contribution in [0.5, 0.6) is 0 Å². The topological polar surface area (TPSA) is 60.9 Å². The largest absolute Gasteiger partial charge is 0.322 e. The molecule has 4 nitrogen and oxygen atoms in total. The molecule has 0 saturated heterocycles. The Bertz CT molecular complexity index is 620. The van der Waals surface area contributed by atoms with Gasteiger partial charge >= 0.3 is 0 Å². The molecule has 0 bridgehead atoms. The van der Waals surface area contributed by atoms with Crippen LogP contribution in [0.2, 0.25) is 0 Å². The summed E-state index contributed by atoms with van der Waals surface area (Å²) in [5.74, 6) is -0.367. The molecule has 0 fully saturated rings. The van der Waals surface area contributed by atoms with E-state index in [4.69, 9.17) is 5.73 Å². The zero-order valence-electron chi connectivity index (χ0n) is 7.77. The van der Waals surface area contributed by atoms with Gasteiger partial charge in [-0.2, -0.15) is 0 Å². The molecule has 15 heavy (non-hydrogen) atoms. The molecule has 1 atom stereocenters. The third-order valence-corrected chi connectivity index (χ3v) is 2.74. The summed E-state index contributed by atoms with van der Waals surface area (Å²) in [6, 6.07) is 2.44. The second kappa shape index (κ2) is 2.64. The van der Waals surface area contributed by atoms with Crippen LogP contribution in [0.15, 0.2) is 23.1 Å². The molecule has 1 aromatic carbocycles. The van der Waals surface area contributed by atoms with Crippen LogP contribution in [0.3, 0.4) is 0 Å². The van der Waals surface area contributed by atoms with E-state index in [1.54, 1.807) is 6.07 Å². The van der Waals surface area contributed by atoms with Gasteiger partial charge in [0.05, 0.1) is 23.3 Å². The summed E-state index contributed by atoms with van der Waals surface area (Å²) in [6.45, 7) is 0.327. The van der Waals surface area contributed by atoms with Crippen LogP contribution in [0.1, 0.15) is 11.6 Å². The summed E-state index contributed by atoms with van der Waals surface area (Å²) in [5, 5.41) is 0. The summed E-state index contributed by atoms with van der Waals surface area (Å²) in [7, 11) is 0. The molecule has 5 heteroatoms. The number of nitrogens with zero attached hydrogens (tertiary/aromatic N) is 2. The first-order chi connectivity index (χ1) is 7.18. The van der Waals surface area contributed by atoms with Crippen LogP contribution >= 0.6 is 0 Å². The highest BCUT2D eigenvalue weighted by Crippen LogP contribution is 2.30. The molecule has 1 aromatic heterocycles. The summed E-state index contributed by atoms with van der Waals surface area (Å²) < 4.78 is 15.0. The fraction of sp³-hybridized carbons (Fsp3) is 0.200. The van der Waals surface area contributed by atoms with Gasteiger partial charge in [0.2, 0.25) is 0 Å². The first-order valence-corrected chi connectivity index (χ1v) is 4.62. The molecular formula is C10H8FN3O. The maximum Gasteiger partial charge on any atom is 0.269 e. The Morgan fingerprint density at radius 3 is 3.13 bits per heavy atom. The van der Waals surface area contributed by atoms with E-state index >= 15 is 0 Å². The Kier molecular flexibility index (Phi) is 1.50. The Hall–Kier alpha value is -1.75. The minimum atomic E-state index is -0.453. The minimum absolute atomic E-state index is 0.234. The Morgan fingerprint density at radius 1 is 1.53 bits per heavy atom. The minimum Gasteiger partial charge on any atom is -0.322 e. The van der Waals surface area contributed by atoms with Crippen molar-refractivity contribution in [1.29, 1.82) is 0 Å². The normalized spacial score (nSPS) is 18.7. The van der Waals surface area contributed by atoms with Crippen molar-refractivity contribution in [2.45, 2.75) is 12.6 Å². The quantitative estimate of drug-likeness (QED) is 0.683. The monoisotopic (exact) mass is 205 g/mol. The predicted molar refractivity (Wildman–Crippen MR) is 52.9 cm³/mol. The highest BCUT2D eigenvalue weighted by molar-refractivity contribution is 5.80. The average molecular weight is 205 g/mol. The van der Waals surface area contributed by atoms with Crippen molar-refractivity contribution in [2.75, 3.05) is 0 Å². The molecule has 0 unspecified atom stereocenters. The number of aromatic nitrogens is 2. The van der Waals surface area contributed by atoms with Crippen molar-refractivity contribution in [2.24, 2.45) is 5.73 Å². The predicted octanol–water partition coefficient (Wildman–Crippen LogP) is 0.549. The number of rotatable bonds is 0. The fourth-order valence-electron chi connectivity index (χ4n) is 2.09. The fourth-order valence-corrected chi connectivity index (χ4v) is 2.09. The molecule has 2 heterocycles. The molecule has 76 valence electrons. The summed E-state index contributed by atoms with van der Waals surface area (Å²) >= 11 is 0. The summed E-state index contributed by atoms with van der Waals surface area (Å²) in [6.07, 6.45) is 1.24. The van der Waals surface area contributed by atoms with E-state index in [1.807, 2.05) is 0 Å². The van der Waals surface area contributed by atoms with Crippen molar-refractivity contribution in [1.82, 2.24) is 9.55 Å². The molecule has 1 aliphatic rings. The first-order valence-electron chi connectivity index (χ1n) is 4.62. The standard InChI is InChI=1S/C10H8FN3O/c11-5-1-2-7-10-9(5)6(12)4-14(10)8(15)3-13-7/h1-3,6H,4,12H2/t6-/m1/s1. The number of hydrogen-bond donors (Lipinski definition) is 1. The molecule has 2 aromatic rings. The molecule has 2 N–H and O–H groups in total. The number of benzene rings is 1. The van der Waals surface area contributed by atoms with Gasteiger partial charge in [-0.3, -0.25) is 4.79 Å². The molecule has 0 aliphatic carbocycles. The maximum absolute atomic E-state index is 13.5. The summed E-state index contributed by atoms with van der Waals surface area (Å²) in [4.78, 5) is 15.4. The Labute approximate surface area is 84.2 Å². The molecule has 0 radical (unpaired) electrons. The highest BCUT2D eigenvalue weighted by Gasteiger charge is 2.25. The van der Waals surface area contributed by atoms with Gasteiger partial charge in [0.1, 0.15) is 5.82 Å². The van der Waals surface area contributed by atoms with Gasteiger partial charge in [-0.05, 0) is 12.1 Å². The van der Waals surface area contributed by atoms with Crippen molar-refractivity contribution < 1.29 is 4.39 Å². The zero-order valence-corrected chi connectivity index (χ0v) is 7.77. The molecule has 3 rings (SSSR count). The lowest BCUT2D eigenvalue weighted by Gasteiger charge is -2.03.